The van der Waals surface area contributed by atoms with E-state index in [1.165, 1.54) is 11.1 Å². The van der Waals surface area contributed by atoms with E-state index in [1.807, 2.05) is 12.0 Å². The smallest absolute Gasteiger partial charge is 0.193 e. The molecule has 1 aromatic carbocycles. The Morgan fingerprint density at radius 3 is 2.48 bits per heavy atom. The first-order valence-electron chi connectivity index (χ1n) is 11.7. The second-order valence-electron chi connectivity index (χ2n) is 9.91. The fourth-order valence-electron chi connectivity index (χ4n) is 5.03. The Balaban J connectivity index is 1.96. The Hall–Kier alpha value is -1.79. The summed E-state index contributed by atoms with van der Waals surface area (Å²) in [5, 5.41) is 0. The quantitative estimate of drug-likeness (QED) is 0.372. The van der Waals surface area contributed by atoms with Crippen molar-refractivity contribution >= 4 is 5.96 Å². The number of nitrogens with two attached hydrogens (primary N) is 1. The van der Waals surface area contributed by atoms with Crippen LogP contribution in [0.1, 0.15) is 70.5 Å². The van der Waals surface area contributed by atoms with Gasteiger partial charge in [-0.3, -0.25) is 0 Å². The molecule has 1 atom stereocenters. The average molecular weight is 432 g/mol. The lowest BCUT2D eigenvalue weighted by atomic mass is 9.68. The van der Waals surface area contributed by atoms with Crippen LogP contribution in [0.15, 0.2) is 23.2 Å². The summed E-state index contributed by atoms with van der Waals surface area (Å²) in [7, 11) is 3.52. The maximum atomic E-state index is 6.56. The lowest BCUT2D eigenvalue weighted by molar-refractivity contribution is 0.0206. The van der Waals surface area contributed by atoms with Gasteiger partial charge in [-0.2, -0.15) is 0 Å². The molecule has 1 saturated carbocycles. The third-order valence-electron chi connectivity index (χ3n) is 6.83. The molecule has 1 aromatic rings. The van der Waals surface area contributed by atoms with Gasteiger partial charge in [-0.1, -0.05) is 19.9 Å². The summed E-state index contributed by atoms with van der Waals surface area (Å²) in [6.07, 6.45) is 5.71. The normalized spacial score (nSPS) is 26.0. The molecule has 3 rings (SSSR count). The average Bonchev–Trinajstić information content (AvgIpc) is 3.03. The van der Waals surface area contributed by atoms with Gasteiger partial charge in [0, 0.05) is 25.7 Å². The van der Waals surface area contributed by atoms with Crippen molar-refractivity contribution in [2.24, 2.45) is 22.1 Å². The van der Waals surface area contributed by atoms with Crippen molar-refractivity contribution in [3.63, 3.8) is 0 Å². The number of nitrogens with zero attached hydrogens (tertiary/aromatic N) is 2. The summed E-state index contributed by atoms with van der Waals surface area (Å²) in [6, 6.07) is 6.78. The number of ether oxygens (including phenoxy) is 3. The first-order valence-corrected chi connectivity index (χ1v) is 11.7. The molecule has 0 radical (unpaired) electrons. The van der Waals surface area contributed by atoms with E-state index in [0.29, 0.717) is 31.3 Å². The first-order chi connectivity index (χ1) is 14.8. The lowest BCUT2D eigenvalue weighted by Gasteiger charge is -2.40. The number of aliphatic imine (C=N–C) groups is 1. The molecule has 0 saturated heterocycles. The third-order valence-corrected chi connectivity index (χ3v) is 6.83. The van der Waals surface area contributed by atoms with Crippen LogP contribution in [0.25, 0.3) is 0 Å². The molecule has 0 aliphatic heterocycles. The van der Waals surface area contributed by atoms with Crippen LogP contribution in [0.3, 0.4) is 0 Å². The number of methoxy groups -OCH3 is 2. The van der Waals surface area contributed by atoms with Gasteiger partial charge in [-0.15, -0.1) is 0 Å². The fraction of sp³-hybridized carbons (Fsp3) is 0.720. The summed E-state index contributed by atoms with van der Waals surface area (Å²) < 4.78 is 17.1. The molecule has 31 heavy (non-hydrogen) atoms. The molecule has 2 aliphatic carbocycles. The van der Waals surface area contributed by atoms with Gasteiger partial charge in [0.2, 0.25) is 0 Å². The predicted octanol–water partition coefficient (Wildman–Crippen LogP) is 4.52. The zero-order valence-corrected chi connectivity index (χ0v) is 20.2. The number of fused-ring (bicyclic) bond motifs is 1. The van der Waals surface area contributed by atoms with Gasteiger partial charge >= 0.3 is 0 Å². The van der Waals surface area contributed by atoms with Crippen LogP contribution >= 0.6 is 0 Å². The van der Waals surface area contributed by atoms with Crippen LogP contribution < -0.4 is 10.5 Å². The summed E-state index contributed by atoms with van der Waals surface area (Å²) in [6.45, 7) is 9.71. The highest BCUT2D eigenvalue weighted by molar-refractivity contribution is 5.78. The Morgan fingerprint density at radius 1 is 1.19 bits per heavy atom. The molecule has 0 heterocycles. The zero-order valence-electron chi connectivity index (χ0n) is 20.2. The molecular formula is C25H41N3O3. The molecule has 1 fully saturated rings. The molecule has 0 bridgehead atoms. The lowest BCUT2D eigenvalue weighted by Crippen LogP contribution is -2.44. The van der Waals surface area contributed by atoms with E-state index >= 15 is 0 Å². The van der Waals surface area contributed by atoms with Crippen molar-refractivity contribution in [3.8, 4) is 5.75 Å². The second-order valence-corrected chi connectivity index (χ2v) is 9.91. The Bertz CT molecular complexity index is 754. The highest BCUT2D eigenvalue weighted by Gasteiger charge is 2.48. The SMILES string of the molecule is COCN(/C(N)=N\C1c2cc(OCC(C)C)ccc2C[C@]12CC[C@@H](OC)CC2)C(C)C. The van der Waals surface area contributed by atoms with Crippen LogP contribution in [0.5, 0.6) is 5.75 Å². The molecule has 2 N–H and O–H groups in total. The minimum absolute atomic E-state index is 0.0287. The summed E-state index contributed by atoms with van der Waals surface area (Å²) in [5.41, 5.74) is 9.29. The largest absolute Gasteiger partial charge is 0.493 e. The Kier molecular flexibility index (Phi) is 7.87. The summed E-state index contributed by atoms with van der Waals surface area (Å²) >= 11 is 0. The number of hydrogen-bond donors (Lipinski definition) is 1. The standard InChI is InChI=1S/C25H41N3O3/c1-17(2)15-31-21-8-7-19-14-25(11-9-20(30-6)10-12-25)23(22(19)13-21)27-24(26)28(16-29-5)18(3)4/h7-8,13,17-18,20,23H,9-12,14-16H2,1-6H3,(H2,26,27)/t20-,23?,25-. The zero-order chi connectivity index (χ0) is 22.6. The number of guanidine groups is 1. The van der Waals surface area contributed by atoms with Crippen molar-refractivity contribution < 1.29 is 14.2 Å². The van der Waals surface area contributed by atoms with Crippen molar-refractivity contribution in [2.45, 2.75) is 78.0 Å². The van der Waals surface area contributed by atoms with E-state index in [4.69, 9.17) is 24.9 Å². The molecule has 6 nitrogen and oxygen atoms in total. The van der Waals surface area contributed by atoms with Crippen LogP contribution in [0.4, 0.5) is 0 Å². The van der Waals surface area contributed by atoms with Crippen LogP contribution in [-0.2, 0) is 15.9 Å². The highest BCUT2D eigenvalue weighted by Crippen LogP contribution is 2.56. The number of hydrogen-bond acceptors (Lipinski definition) is 4. The number of rotatable bonds is 8. The van der Waals surface area contributed by atoms with Gasteiger partial charge in [0.1, 0.15) is 12.5 Å². The van der Waals surface area contributed by atoms with Crippen LogP contribution in [0, 0.1) is 11.3 Å². The van der Waals surface area contributed by atoms with Gasteiger partial charge in [0.25, 0.3) is 0 Å². The highest BCUT2D eigenvalue weighted by atomic mass is 16.5. The van der Waals surface area contributed by atoms with Crippen LogP contribution in [0.2, 0.25) is 0 Å². The molecular weight excluding hydrogens is 390 g/mol. The molecule has 6 heteroatoms. The molecule has 1 unspecified atom stereocenters. The minimum Gasteiger partial charge on any atom is -0.493 e. The maximum absolute atomic E-state index is 6.56. The Labute approximate surface area is 188 Å². The first kappa shape index (κ1) is 23.9. The van der Waals surface area contributed by atoms with Gasteiger partial charge in [0.05, 0.1) is 18.8 Å². The fourth-order valence-corrected chi connectivity index (χ4v) is 5.03. The maximum Gasteiger partial charge on any atom is 0.193 e. The van der Waals surface area contributed by atoms with Gasteiger partial charge in [-0.25, -0.2) is 4.99 Å². The van der Waals surface area contributed by atoms with Crippen molar-refractivity contribution in [3.05, 3.63) is 29.3 Å². The van der Waals surface area contributed by atoms with E-state index in [9.17, 15) is 0 Å². The van der Waals surface area contributed by atoms with E-state index < -0.39 is 0 Å². The molecule has 1 spiro atoms. The van der Waals surface area contributed by atoms with E-state index in [-0.39, 0.29) is 17.5 Å². The van der Waals surface area contributed by atoms with Gasteiger partial charge < -0.3 is 24.8 Å². The molecule has 174 valence electrons. The van der Waals surface area contributed by atoms with E-state index in [1.54, 1.807) is 7.11 Å². The molecule has 2 aliphatic rings. The predicted molar refractivity (Wildman–Crippen MR) is 125 cm³/mol. The summed E-state index contributed by atoms with van der Waals surface area (Å²) in [4.78, 5) is 7.19. The summed E-state index contributed by atoms with van der Waals surface area (Å²) in [5.74, 6) is 1.96. The number of benzene rings is 1. The topological polar surface area (TPSA) is 69.3 Å². The molecule has 0 aromatic heterocycles. The van der Waals surface area contributed by atoms with Crippen molar-refractivity contribution in [2.75, 3.05) is 27.6 Å². The Morgan fingerprint density at radius 2 is 1.90 bits per heavy atom. The monoisotopic (exact) mass is 431 g/mol. The van der Waals surface area contributed by atoms with E-state index in [0.717, 1.165) is 37.9 Å². The van der Waals surface area contributed by atoms with Crippen LogP contribution in [-0.4, -0.2) is 50.6 Å². The van der Waals surface area contributed by atoms with E-state index in [2.05, 4.69) is 45.9 Å². The van der Waals surface area contributed by atoms with Gasteiger partial charge in [-0.05, 0) is 75.1 Å². The third kappa shape index (κ3) is 5.35. The van der Waals surface area contributed by atoms with Crippen molar-refractivity contribution in [1.82, 2.24) is 4.90 Å². The van der Waals surface area contributed by atoms with Gasteiger partial charge in [0.15, 0.2) is 5.96 Å². The van der Waals surface area contributed by atoms with Crippen molar-refractivity contribution in [1.29, 1.82) is 0 Å². The minimum atomic E-state index is 0.0287. The molecule has 0 amide bonds. The second kappa shape index (κ2) is 10.2.